The van der Waals surface area contributed by atoms with Gasteiger partial charge in [0.2, 0.25) is 11.8 Å². The van der Waals surface area contributed by atoms with E-state index in [9.17, 15) is 9.59 Å². The fourth-order valence-electron chi connectivity index (χ4n) is 3.75. The second kappa shape index (κ2) is 10.9. The molecule has 0 bridgehead atoms. The summed E-state index contributed by atoms with van der Waals surface area (Å²) in [6.45, 7) is 0.349. The van der Waals surface area contributed by atoms with E-state index in [1.807, 2.05) is 103 Å². The third-order valence-electron chi connectivity index (χ3n) is 5.43. The number of pyridine rings is 1. The van der Waals surface area contributed by atoms with E-state index < -0.39 is 12.0 Å². The van der Waals surface area contributed by atoms with Crippen molar-refractivity contribution in [3.63, 3.8) is 0 Å². The number of benzene rings is 3. The Morgan fingerprint density at radius 3 is 1.64 bits per heavy atom. The Labute approximate surface area is 193 Å². The molecule has 0 aliphatic rings. The molecule has 5 nitrogen and oxygen atoms in total. The third-order valence-corrected chi connectivity index (χ3v) is 5.43. The molecule has 1 atom stereocenters. The topological polar surface area (TPSA) is 71.1 Å². The minimum atomic E-state index is -0.824. The summed E-state index contributed by atoms with van der Waals surface area (Å²) in [5, 5.41) is 5.94. The van der Waals surface area contributed by atoms with Gasteiger partial charge in [-0.05, 0) is 34.4 Å². The van der Waals surface area contributed by atoms with Crippen LogP contribution in [0.25, 0.3) is 0 Å². The van der Waals surface area contributed by atoms with E-state index in [1.54, 1.807) is 12.4 Å². The highest BCUT2D eigenvalue weighted by atomic mass is 16.2. The first kappa shape index (κ1) is 22.0. The fourth-order valence-corrected chi connectivity index (χ4v) is 3.75. The average Bonchev–Trinajstić information content (AvgIpc) is 2.88. The van der Waals surface area contributed by atoms with Gasteiger partial charge >= 0.3 is 0 Å². The lowest BCUT2D eigenvalue weighted by Crippen LogP contribution is -2.42. The van der Waals surface area contributed by atoms with Crippen LogP contribution >= 0.6 is 0 Å². The van der Waals surface area contributed by atoms with Crippen LogP contribution in [0.3, 0.4) is 0 Å². The van der Waals surface area contributed by atoms with Crippen LogP contribution in [-0.4, -0.2) is 16.8 Å². The second-order valence-corrected chi connectivity index (χ2v) is 7.68. The summed E-state index contributed by atoms with van der Waals surface area (Å²) in [5.74, 6) is -1.04. The number of rotatable bonds is 8. The lowest BCUT2D eigenvalue weighted by atomic mass is 9.90. The lowest BCUT2D eigenvalue weighted by Gasteiger charge is -2.23. The predicted molar refractivity (Wildman–Crippen MR) is 128 cm³/mol. The number of aromatic nitrogens is 1. The molecule has 4 rings (SSSR count). The molecule has 0 radical (unpaired) electrons. The molecule has 0 saturated carbocycles. The Morgan fingerprint density at radius 1 is 0.636 bits per heavy atom. The standard InChI is InChI=1S/C28H25N3O2/c32-27(25(22-10-4-1-5-11-22)23-12-6-2-7-13-23)31-26(24-14-8-3-9-15-24)28(33)30-20-21-16-18-29-19-17-21/h1-19,25-26H,20H2,(H,30,33)(H,31,32)/t26-/m1/s1. The molecule has 33 heavy (non-hydrogen) atoms. The summed E-state index contributed by atoms with van der Waals surface area (Å²) in [7, 11) is 0. The summed E-state index contributed by atoms with van der Waals surface area (Å²) in [6, 6.07) is 31.4. The Balaban J connectivity index is 1.60. The molecule has 1 aromatic heterocycles. The van der Waals surface area contributed by atoms with E-state index in [4.69, 9.17) is 0 Å². The van der Waals surface area contributed by atoms with Crippen molar-refractivity contribution < 1.29 is 9.59 Å². The van der Waals surface area contributed by atoms with Crippen LogP contribution in [-0.2, 0) is 16.1 Å². The first-order chi connectivity index (χ1) is 16.2. The van der Waals surface area contributed by atoms with Crippen molar-refractivity contribution in [2.45, 2.75) is 18.5 Å². The van der Waals surface area contributed by atoms with Crippen LogP contribution in [0, 0.1) is 0 Å². The van der Waals surface area contributed by atoms with Crippen molar-refractivity contribution in [3.05, 3.63) is 138 Å². The number of carbonyl (C=O) groups excluding carboxylic acids is 2. The first-order valence-electron chi connectivity index (χ1n) is 10.8. The molecule has 1 heterocycles. The largest absolute Gasteiger partial charge is 0.350 e. The van der Waals surface area contributed by atoms with Crippen LogP contribution < -0.4 is 10.6 Å². The molecule has 3 aromatic carbocycles. The van der Waals surface area contributed by atoms with Gasteiger partial charge in [0.05, 0.1) is 5.92 Å². The third kappa shape index (κ3) is 5.71. The van der Waals surface area contributed by atoms with Gasteiger partial charge in [0.25, 0.3) is 0 Å². The Bertz CT molecular complexity index is 1130. The van der Waals surface area contributed by atoms with Gasteiger partial charge in [-0.15, -0.1) is 0 Å². The van der Waals surface area contributed by atoms with Crippen molar-refractivity contribution in [2.24, 2.45) is 0 Å². The molecule has 0 saturated heterocycles. The van der Waals surface area contributed by atoms with Crippen LogP contribution in [0.2, 0.25) is 0 Å². The Morgan fingerprint density at radius 2 is 1.12 bits per heavy atom. The minimum absolute atomic E-state index is 0.236. The second-order valence-electron chi connectivity index (χ2n) is 7.68. The molecule has 0 aliphatic heterocycles. The smallest absolute Gasteiger partial charge is 0.247 e. The van der Waals surface area contributed by atoms with Crippen LogP contribution in [0.15, 0.2) is 116 Å². The van der Waals surface area contributed by atoms with Crippen molar-refractivity contribution in [2.75, 3.05) is 0 Å². The monoisotopic (exact) mass is 435 g/mol. The van der Waals surface area contributed by atoms with E-state index in [0.717, 1.165) is 22.3 Å². The van der Waals surface area contributed by atoms with Crippen molar-refractivity contribution >= 4 is 11.8 Å². The molecule has 0 unspecified atom stereocenters. The summed E-state index contributed by atoms with van der Waals surface area (Å²) < 4.78 is 0. The van der Waals surface area contributed by atoms with Gasteiger partial charge in [0.15, 0.2) is 0 Å². The number of nitrogens with one attached hydrogen (secondary N) is 2. The molecule has 164 valence electrons. The summed E-state index contributed by atoms with van der Waals surface area (Å²) in [6.07, 6.45) is 3.37. The molecular formula is C28H25N3O2. The highest BCUT2D eigenvalue weighted by Gasteiger charge is 2.28. The van der Waals surface area contributed by atoms with Gasteiger partial charge in [0.1, 0.15) is 6.04 Å². The van der Waals surface area contributed by atoms with Crippen molar-refractivity contribution in [1.29, 1.82) is 0 Å². The molecule has 0 aliphatic carbocycles. The number of amides is 2. The fraction of sp³-hybridized carbons (Fsp3) is 0.107. The first-order valence-corrected chi connectivity index (χ1v) is 10.8. The Hall–Kier alpha value is -4.25. The zero-order chi connectivity index (χ0) is 22.9. The van der Waals surface area contributed by atoms with Gasteiger partial charge in [-0.25, -0.2) is 0 Å². The summed E-state index contributed by atoms with van der Waals surface area (Å²) in [4.78, 5) is 30.8. The molecule has 2 amide bonds. The van der Waals surface area contributed by atoms with Crippen LogP contribution in [0.5, 0.6) is 0 Å². The van der Waals surface area contributed by atoms with Crippen molar-refractivity contribution in [3.8, 4) is 0 Å². The molecular weight excluding hydrogens is 410 g/mol. The number of nitrogens with zero attached hydrogens (tertiary/aromatic N) is 1. The zero-order valence-electron chi connectivity index (χ0n) is 18.1. The normalized spacial score (nSPS) is 11.5. The van der Waals surface area contributed by atoms with E-state index >= 15 is 0 Å². The Kier molecular flexibility index (Phi) is 7.23. The maximum Gasteiger partial charge on any atom is 0.247 e. The zero-order valence-corrected chi connectivity index (χ0v) is 18.1. The molecule has 0 fully saturated rings. The predicted octanol–water partition coefficient (Wildman–Crippen LogP) is 4.39. The quantitative estimate of drug-likeness (QED) is 0.431. The molecule has 0 spiro atoms. The SMILES string of the molecule is O=C(N[C@@H](C(=O)NCc1ccncc1)c1ccccc1)C(c1ccccc1)c1ccccc1. The van der Waals surface area contributed by atoms with Crippen molar-refractivity contribution in [1.82, 2.24) is 15.6 Å². The van der Waals surface area contributed by atoms with Gasteiger partial charge in [-0.3, -0.25) is 14.6 Å². The number of hydrogen-bond acceptors (Lipinski definition) is 3. The average molecular weight is 436 g/mol. The van der Waals surface area contributed by atoms with Crippen LogP contribution in [0.1, 0.15) is 34.2 Å². The highest BCUT2D eigenvalue weighted by molar-refractivity contribution is 5.93. The molecule has 4 aromatic rings. The van der Waals surface area contributed by atoms with E-state index in [-0.39, 0.29) is 11.8 Å². The van der Waals surface area contributed by atoms with E-state index in [1.165, 1.54) is 0 Å². The van der Waals surface area contributed by atoms with Gasteiger partial charge in [-0.1, -0.05) is 91.0 Å². The number of hydrogen-bond donors (Lipinski definition) is 2. The van der Waals surface area contributed by atoms with Gasteiger partial charge in [-0.2, -0.15) is 0 Å². The molecule has 2 N–H and O–H groups in total. The molecule has 5 heteroatoms. The maximum atomic E-state index is 13.6. The van der Waals surface area contributed by atoms with Gasteiger partial charge < -0.3 is 10.6 Å². The maximum absolute atomic E-state index is 13.6. The lowest BCUT2D eigenvalue weighted by molar-refractivity contribution is -0.129. The summed E-state index contributed by atoms with van der Waals surface area (Å²) >= 11 is 0. The van der Waals surface area contributed by atoms with Gasteiger partial charge in [0, 0.05) is 18.9 Å². The van der Waals surface area contributed by atoms with E-state index in [2.05, 4.69) is 15.6 Å². The summed E-state index contributed by atoms with van der Waals surface area (Å²) in [5.41, 5.74) is 3.39. The van der Waals surface area contributed by atoms with Crippen LogP contribution in [0.4, 0.5) is 0 Å². The highest BCUT2D eigenvalue weighted by Crippen LogP contribution is 2.26. The van der Waals surface area contributed by atoms with E-state index in [0.29, 0.717) is 6.54 Å². The number of carbonyl (C=O) groups is 2. The minimum Gasteiger partial charge on any atom is -0.350 e.